The number of rotatable bonds is 9. The Morgan fingerprint density at radius 3 is 2.23 bits per heavy atom. The van der Waals surface area contributed by atoms with Gasteiger partial charge in [0.2, 0.25) is 5.91 Å². The molecule has 7 nitrogen and oxygen atoms in total. The number of amides is 3. The van der Waals surface area contributed by atoms with E-state index in [1.54, 1.807) is 62.4 Å². The van der Waals surface area contributed by atoms with Gasteiger partial charge in [0.05, 0.1) is 25.3 Å². The lowest BCUT2D eigenvalue weighted by Crippen LogP contribution is -2.49. The normalized spacial score (nSPS) is 13.8. The number of carbonyl (C=O) groups excluding carboxylic acids is 3. The summed E-state index contributed by atoms with van der Waals surface area (Å²) < 4.78 is 10.5. The Labute approximate surface area is 179 Å². The maximum atomic E-state index is 13.0. The molecule has 3 rings (SSSR count). The van der Waals surface area contributed by atoms with Crippen LogP contribution in [0.3, 0.4) is 0 Å². The van der Waals surface area contributed by atoms with E-state index < -0.39 is 17.9 Å². The number of imide groups is 1. The van der Waals surface area contributed by atoms with E-state index in [1.165, 1.54) is 0 Å². The van der Waals surface area contributed by atoms with Crippen molar-refractivity contribution < 1.29 is 23.9 Å². The molecule has 8 heteroatoms. The molecule has 0 saturated heterocycles. The summed E-state index contributed by atoms with van der Waals surface area (Å²) in [7, 11) is 3.10. The summed E-state index contributed by atoms with van der Waals surface area (Å²) in [6.07, 6.45) is 2.30. The highest BCUT2D eigenvalue weighted by Gasteiger charge is 2.42. The van der Waals surface area contributed by atoms with Crippen molar-refractivity contribution in [2.24, 2.45) is 0 Å². The van der Waals surface area contributed by atoms with Gasteiger partial charge in [0.25, 0.3) is 11.8 Å². The molecule has 0 saturated carbocycles. The van der Waals surface area contributed by atoms with Crippen LogP contribution in [0.15, 0.2) is 42.5 Å². The van der Waals surface area contributed by atoms with Crippen molar-refractivity contribution in [2.75, 3.05) is 26.2 Å². The average molecular weight is 429 g/mol. The topological polar surface area (TPSA) is 84.9 Å². The molecule has 2 aromatic rings. The zero-order valence-electron chi connectivity index (χ0n) is 17.1. The van der Waals surface area contributed by atoms with Crippen molar-refractivity contribution in [2.45, 2.75) is 19.0 Å². The van der Waals surface area contributed by atoms with Crippen LogP contribution in [0.1, 0.15) is 32.7 Å². The fourth-order valence-electron chi connectivity index (χ4n) is 3.40. The van der Waals surface area contributed by atoms with Crippen LogP contribution in [0, 0.1) is 0 Å². The van der Waals surface area contributed by atoms with E-state index in [0.29, 0.717) is 34.8 Å². The van der Waals surface area contributed by atoms with Crippen LogP contribution in [0.2, 0.25) is 0 Å². The molecule has 1 unspecified atom stereocenters. The van der Waals surface area contributed by atoms with Gasteiger partial charge in [-0.05, 0) is 48.3 Å². The van der Waals surface area contributed by atoms with E-state index in [9.17, 15) is 14.4 Å². The van der Waals surface area contributed by atoms with Crippen molar-refractivity contribution in [3.8, 4) is 11.5 Å². The molecule has 0 spiro atoms. The number of methoxy groups -OCH3 is 2. The molecule has 3 amide bonds. The number of thioether (sulfide) groups is 1. The maximum absolute atomic E-state index is 13.0. The lowest BCUT2D eigenvalue weighted by molar-refractivity contribution is -0.125. The van der Waals surface area contributed by atoms with Crippen molar-refractivity contribution in [3.05, 3.63) is 59.2 Å². The fraction of sp³-hybridized carbons (Fsp3) is 0.318. The molecule has 0 aliphatic carbocycles. The number of nitrogens with zero attached hydrogens (tertiary/aromatic N) is 1. The van der Waals surface area contributed by atoms with Crippen LogP contribution >= 0.6 is 11.8 Å². The van der Waals surface area contributed by atoms with E-state index in [-0.39, 0.29) is 12.5 Å². The summed E-state index contributed by atoms with van der Waals surface area (Å²) in [6.45, 7) is 0.234. The van der Waals surface area contributed by atoms with Gasteiger partial charge in [-0.25, -0.2) is 0 Å². The average Bonchev–Trinajstić information content (AvgIpc) is 3.03. The lowest BCUT2D eigenvalue weighted by Gasteiger charge is -2.25. The maximum Gasteiger partial charge on any atom is 0.262 e. The smallest absolute Gasteiger partial charge is 0.262 e. The van der Waals surface area contributed by atoms with E-state index in [4.69, 9.17) is 9.47 Å². The van der Waals surface area contributed by atoms with Gasteiger partial charge in [0, 0.05) is 6.54 Å². The fourth-order valence-corrected chi connectivity index (χ4v) is 3.85. The van der Waals surface area contributed by atoms with E-state index in [1.807, 2.05) is 12.3 Å². The molecular formula is C22H24N2O5S. The molecule has 30 heavy (non-hydrogen) atoms. The molecule has 0 aromatic heterocycles. The predicted molar refractivity (Wildman–Crippen MR) is 115 cm³/mol. The highest BCUT2D eigenvalue weighted by atomic mass is 32.2. The van der Waals surface area contributed by atoms with E-state index >= 15 is 0 Å². The number of fused-ring (bicyclic) bond motifs is 1. The lowest BCUT2D eigenvalue weighted by atomic mass is 10.1. The van der Waals surface area contributed by atoms with Gasteiger partial charge in [-0.1, -0.05) is 18.2 Å². The minimum atomic E-state index is -0.870. The van der Waals surface area contributed by atoms with Gasteiger partial charge in [0.1, 0.15) is 6.04 Å². The van der Waals surface area contributed by atoms with Crippen molar-refractivity contribution >= 4 is 29.5 Å². The van der Waals surface area contributed by atoms with Gasteiger partial charge in [-0.15, -0.1) is 0 Å². The van der Waals surface area contributed by atoms with E-state index in [0.717, 1.165) is 10.5 Å². The zero-order chi connectivity index (χ0) is 21.7. The van der Waals surface area contributed by atoms with Crippen molar-refractivity contribution in [1.82, 2.24) is 10.2 Å². The molecule has 0 radical (unpaired) electrons. The highest BCUT2D eigenvalue weighted by molar-refractivity contribution is 7.98. The molecular weight excluding hydrogens is 404 g/mol. The third-order valence-corrected chi connectivity index (χ3v) is 5.59. The summed E-state index contributed by atoms with van der Waals surface area (Å²) in [5.74, 6) is 0.571. The molecule has 1 aliphatic heterocycles. The van der Waals surface area contributed by atoms with Crippen molar-refractivity contribution in [1.29, 1.82) is 0 Å². The first-order chi connectivity index (χ1) is 14.5. The van der Waals surface area contributed by atoms with Crippen LogP contribution < -0.4 is 14.8 Å². The third kappa shape index (κ3) is 4.28. The molecule has 1 aliphatic rings. The van der Waals surface area contributed by atoms with Crippen LogP contribution in [-0.2, 0) is 11.3 Å². The Kier molecular flexibility index (Phi) is 6.99. The second kappa shape index (κ2) is 9.67. The van der Waals surface area contributed by atoms with Crippen LogP contribution in [0.4, 0.5) is 0 Å². The Morgan fingerprint density at radius 1 is 1.03 bits per heavy atom. The number of hydrogen-bond acceptors (Lipinski definition) is 6. The van der Waals surface area contributed by atoms with Gasteiger partial charge in [-0.3, -0.25) is 19.3 Å². The highest BCUT2D eigenvalue weighted by Crippen LogP contribution is 2.28. The van der Waals surface area contributed by atoms with Crippen LogP contribution in [0.5, 0.6) is 11.5 Å². The third-order valence-electron chi connectivity index (χ3n) is 4.95. The number of hydrogen-bond donors (Lipinski definition) is 1. The summed E-state index contributed by atoms with van der Waals surface area (Å²) in [4.78, 5) is 39.8. The molecule has 158 valence electrons. The number of carbonyl (C=O) groups is 3. The quantitative estimate of drug-likeness (QED) is 0.618. The Balaban J connectivity index is 1.77. The Morgan fingerprint density at radius 2 is 1.67 bits per heavy atom. The molecule has 0 fully saturated rings. The van der Waals surface area contributed by atoms with E-state index in [2.05, 4.69) is 5.32 Å². The minimum absolute atomic E-state index is 0.234. The first-order valence-corrected chi connectivity index (χ1v) is 10.9. The summed E-state index contributed by atoms with van der Waals surface area (Å²) in [6, 6.07) is 11.1. The van der Waals surface area contributed by atoms with Gasteiger partial charge >= 0.3 is 0 Å². The molecule has 2 aromatic carbocycles. The second-order valence-electron chi connectivity index (χ2n) is 6.73. The van der Waals surface area contributed by atoms with Crippen molar-refractivity contribution in [3.63, 3.8) is 0 Å². The Hall–Kier alpha value is -3.00. The largest absolute Gasteiger partial charge is 0.493 e. The standard InChI is InChI=1S/C22H24N2O5S/c1-28-18-9-8-14(12-19(18)29-2)13-23-20(25)17(10-11-30-3)24-21(26)15-6-4-5-7-16(15)22(24)27/h4-9,12,17H,10-11,13H2,1-3H3,(H,23,25). The molecule has 1 N–H and O–H groups in total. The van der Waals surface area contributed by atoms with Gasteiger partial charge < -0.3 is 14.8 Å². The molecule has 1 atom stereocenters. The first kappa shape index (κ1) is 21.7. The summed E-state index contributed by atoms with van der Waals surface area (Å²) in [5.41, 5.74) is 1.49. The van der Waals surface area contributed by atoms with Gasteiger partial charge in [0.15, 0.2) is 11.5 Å². The number of benzene rings is 2. The number of ether oxygens (including phenoxy) is 2. The zero-order valence-corrected chi connectivity index (χ0v) is 18.0. The Bertz CT molecular complexity index is 927. The van der Waals surface area contributed by atoms with Crippen LogP contribution in [0.25, 0.3) is 0 Å². The summed E-state index contributed by atoms with van der Waals surface area (Å²) in [5, 5.41) is 2.85. The van der Waals surface area contributed by atoms with Crippen LogP contribution in [-0.4, -0.2) is 54.9 Å². The first-order valence-electron chi connectivity index (χ1n) is 9.46. The minimum Gasteiger partial charge on any atom is -0.493 e. The molecule has 1 heterocycles. The number of nitrogens with one attached hydrogen (secondary N) is 1. The molecule has 0 bridgehead atoms. The second-order valence-corrected chi connectivity index (χ2v) is 7.72. The van der Waals surface area contributed by atoms with Gasteiger partial charge in [-0.2, -0.15) is 11.8 Å². The summed E-state index contributed by atoms with van der Waals surface area (Å²) >= 11 is 1.56. The predicted octanol–water partition coefficient (Wildman–Crippen LogP) is 2.74. The monoisotopic (exact) mass is 428 g/mol. The SMILES string of the molecule is COc1ccc(CNC(=O)C(CCSC)N2C(=O)c3ccccc3C2=O)cc1OC.